The van der Waals surface area contributed by atoms with Crippen LogP contribution in [-0.4, -0.2) is 90.6 Å². The summed E-state index contributed by atoms with van der Waals surface area (Å²) in [4.78, 5) is 47.9. The van der Waals surface area contributed by atoms with E-state index in [0.29, 0.717) is 35.7 Å². The lowest BCUT2D eigenvalue weighted by atomic mass is 9.78. The number of thiazole rings is 1. The molecule has 234 valence electrons. The Morgan fingerprint density at radius 2 is 1.93 bits per heavy atom. The van der Waals surface area contributed by atoms with E-state index in [-0.39, 0.29) is 36.5 Å². The van der Waals surface area contributed by atoms with E-state index in [1.807, 2.05) is 29.2 Å². The number of carbonyl (C=O) groups is 2. The summed E-state index contributed by atoms with van der Waals surface area (Å²) < 4.78 is 6.78. The van der Waals surface area contributed by atoms with Gasteiger partial charge in [0.2, 0.25) is 5.91 Å². The van der Waals surface area contributed by atoms with Crippen LogP contribution in [0, 0.1) is 5.92 Å². The van der Waals surface area contributed by atoms with Gasteiger partial charge < -0.3 is 20.1 Å². The Kier molecular flexibility index (Phi) is 8.54. The SMILES string of the molecule is C[C@H]1CN(C(=O)c2cccnc2)CCN1[C@H]1C[C@@H](C(=O)Nc2nc3ccc(-c4cnc(CO[C@H]5CCC[C@@H]5O)nc4)cc3s2)C1. The third kappa shape index (κ3) is 6.46. The number of aromatic nitrogens is 4. The summed E-state index contributed by atoms with van der Waals surface area (Å²) in [6.07, 6.45) is 10.6. The lowest BCUT2D eigenvalue weighted by molar-refractivity contribution is -0.125. The maximum absolute atomic E-state index is 13.1. The van der Waals surface area contributed by atoms with Crippen molar-refractivity contribution in [3.8, 4) is 11.1 Å². The number of pyridine rings is 1. The fourth-order valence-corrected chi connectivity index (χ4v) is 7.58. The Bertz CT molecular complexity index is 1660. The molecule has 2 aliphatic carbocycles. The van der Waals surface area contributed by atoms with Crippen LogP contribution in [0.15, 0.2) is 55.1 Å². The average molecular weight is 628 g/mol. The number of hydrogen-bond acceptors (Lipinski definition) is 10. The van der Waals surface area contributed by atoms with Crippen molar-refractivity contribution in [2.75, 3.05) is 25.0 Å². The highest BCUT2D eigenvalue weighted by atomic mass is 32.1. The molecule has 1 saturated heterocycles. The van der Waals surface area contributed by atoms with Crippen molar-refractivity contribution in [1.82, 2.24) is 29.7 Å². The largest absolute Gasteiger partial charge is 0.390 e. The van der Waals surface area contributed by atoms with E-state index >= 15 is 0 Å². The number of piperazine rings is 1. The number of nitrogens with zero attached hydrogens (tertiary/aromatic N) is 6. The molecule has 2 amide bonds. The Balaban J connectivity index is 0.904. The quantitative estimate of drug-likeness (QED) is 0.296. The number of rotatable bonds is 8. The molecule has 1 aliphatic heterocycles. The van der Waals surface area contributed by atoms with Crippen molar-refractivity contribution in [3.05, 3.63) is 66.5 Å². The van der Waals surface area contributed by atoms with Crippen LogP contribution in [0.2, 0.25) is 0 Å². The summed E-state index contributed by atoms with van der Waals surface area (Å²) >= 11 is 1.46. The highest BCUT2D eigenvalue weighted by Gasteiger charge is 2.41. The smallest absolute Gasteiger partial charge is 0.255 e. The first kappa shape index (κ1) is 29.8. The van der Waals surface area contributed by atoms with Crippen molar-refractivity contribution in [3.63, 3.8) is 0 Å². The summed E-state index contributed by atoms with van der Waals surface area (Å²) in [5.41, 5.74) is 3.31. The zero-order chi connectivity index (χ0) is 30.9. The number of aliphatic hydroxyl groups excluding tert-OH is 1. The summed E-state index contributed by atoms with van der Waals surface area (Å²) in [6.45, 7) is 4.59. The third-order valence-electron chi connectivity index (χ3n) is 9.33. The maximum Gasteiger partial charge on any atom is 0.255 e. The number of aliphatic hydroxyl groups is 1. The van der Waals surface area contributed by atoms with E-state index in [2.05, 4.69) is 37.1 Å². The molecule has 3 atom stereocenters. The zero-order valence-corrected chi connectivity index (χ0v) is 26.0. The maximum atomic E-state index is 13.1. The Morgan fingerprint density at radius 3 is 2.67 bits per heavy atom. The van der Waals surface area contributed by atoms with Gasteiger partial charge in [0.15, 0.2) is 11.0 Å². The van der Waals surface area contributed by atoms with Gasteiger partial charge in [0, 0.05) is 68.0 Å². The molecule has 7 rings (SSSR count). The van der Waals surface area contributed by atoms with Gasteiger partial charge in [0.25, 0.3) is 5.91 Å². The van der Waals surface area contributed by atoms with Crippen LogP contribution < -0.4 is 5.32 Å². The number of ether oxygens (including phenoxy) is 1. The molecule has 4 heterocycles. The first-order valence-electron chi connectivity index (χ1n) is 15.7. The Hall–Kier alpha value is -3.84. The fraction of sp³-hybridized carbons (Fsp3) is 0.455. The molecule has 12 heteroatoms. The van der Waals surface area contributed by atoms with Gasteiger partial charge in [0.05, 0.1) is 28.0 Å². The molecule has 0 unspecified atom stereocenters. The lowest BCUT2D eigenvalue weighted by Crippen LogP contribution is -2.60. The number of nitrogens with one attached hydrogen (secondary N) is 1. The molecule has 2 N–H and O–H groups in total. The molecule has 3 fully saturated rings. The second-order valence-corrected chi connectivity index (χ2v) is 13.4. The molecule has 1 aromatic carbocycles. The van der Waals surface area contributed by atoms with Crippen LogP contribution in [-0.2, 0) is 16.1 Å². The molecule has 2 saturated carbocycles. The minimum atomic E-state index is -0.399. The standard InChI is InChI=1S/C33H37N7O4S/c1-20-18-39(32(43)22-4-3-9-34-15-22)10-11-40(20)25-12-23(13-25)31(42)38-33-37-26-8-7-21(14-29(26)45-33)24-16-35-30(36-17-24)19-44-28-6-2-5-27(28)41/h3-4,7-9,14-17,20,23,25,27-28,41H,2,5-6,10-13,18-19H2,1H3,(H,37,38,42)/t20-,23-,25+,27-,28-/m0/s1. The van der Waals surface area contributed by atoms with E-state index in [0.717, 1.165) is 60.0 Å². The van der Waals surface area contributed by atoms with Crippen molar-refractivity contribution in [1.29, 1.82) is 0 Å². The molecule has 0 radical (unpaired) electrons. The number of carbonyl (C=O) groups excluding carboxylic acids is 2. The Morgan fingerprint density at radius 1 is 1.09 bits per heavy atom. The second kappa shape index (κ2) is 12.9. The number of anilines is 1. The summed E-state index contributed by atoms with van der Waals surface area (Å²) in [6, 6.07) is 10.2. The lowest BCUT2D eigenvalue weighted by Gasteiger charge is -2.49. The van der Waals surface area contributed by atoms with Crippen LogP contribution in [0.5, 0.6) is 0 Å². The molecule has 0 bridgehead atoms. The fourth-order valence-electron chi connectivity index (χ4n) is 6.67. The molecule has 3 aliphatic rings. The minimum Gasteiger partial charge on any atom is -0.390 e. The van der Waals surface area contributed by atoms with E-state index in [4.69, 9.17) is 4.74 Å². The van der Waals surface area contributed by atoms with Crippen molar-refractivity contribution in [2.45, 2.75) is 69.9 Å². The summed E-state index contributed by atoms with van der Waals surface area (Å²) in [7, 11) is 0. The van der Waals surface area contributed by atoms with E-state index in [1.165, 1.54) is 11.3 Å². The van der Waals surface area contributed by atoms with Gasteiger partial charge in [-0.2, -0.15) is 0 Å². The average Bonchev–Trinajstić information content (AvgIpc) is 3.64. The van der Waals surface area contributed by atoms with Gasteiger partial charge >= 0.3 is 0 Å². The third-order valence-corrected chi connectivity index (χ3v) is 10.3. The predicted molar refractivity (Wildman–Crippen MR) is 171 cm³/mol. The second-order valence-electron chi connectivity index (χ2n) is 12.3. The zero-order valence-electron chi connectivity index (χ0n) is 25.2. The molecular weight excluding hydrogens is 590 g/mol. The number of benzene rings is 1. The van der Waals surface area contributed by atoms with Crippen LogP contribution in [0.25, 0.3) is 21.3 Å². The summed E-state index contributed by atoms with van der Waals surface area (Å²) in [5, 5.41) is 13.6. The van der Waals surface area contributed by atoms with Crippen molar-refractivity contribution >= 4 is 38.5 Å². The van der Waals surface area contributed by atoms with Gasteiger partial charge in [-0.25, -0.2) is 15.0 Å². The van der Waals surface area contributed by atoms with Crippen LogP contribution in [0.1, 0.15) is 55.2 Å². The van der Waals surface area contributed by atoms with Crippen molar-refractivity contribution < 1.29 is 19.4 Å². The molecular formula is C33H37N7O4S. The van der Waals surface area contributed by atoms with Gasteiger partial charge in [-0.05, 0) is 68.9 Å². The molecule has 11 nitrogen and oxygen atoms in total. The monoisotopic (exact) mass is 627 g/mol. The highest BCUT2D eigenvalue weighted by Crippen LogP contribution is 2.36. The number of fused-ring (bicyclic) bond motifs is 1. The summed E-state index contributed by atoms with van der Waals surface area (Å²) in [5.74, 6) is 0.584. The number of hydrogen-bond donors (Lipinski definition) is 2. The van der Waals surface area contributed by atoms with Gasteiger partial charge in [-0.3, -0.25) is 19.5 Å². The molecule has 3 aromatic heterocycles. The van der Waals surface area contributed by atoms with Gasteiger partial charge in [-0.1, -0.05) is 17.4 Å². The molecule has 4 aromatic rings. The Labute approximate surface area is 265 Å². The molecule has 45 heavy (non-hydrogen) atoms. The van der Waals surface area contributed by atoms with Crippen LogP contribution in [0.3, 0.4) is 0 Å². The minimum absolute atomic E-state index is 0.0138. The van der Waals surface area contributed by atoms with Crippen molar-refractivity contribution in [2.24, 2.45) is 5.92 Å². The molecule has 0 spiro atoms. The van der Waals surface area contributed by atoms with Crippen LogP contribution in [0.4, 0.5) is 5.13 Å². The topological polar surface area (TPSA) is 134 Å². The van der Waals surface area contributed by atoms with E-state index in [1.54, 1.807) is 30.9 Å². The highest BCUT2D eigenvalue weighted by molar-refractivity contribution is 7.22. The number of amides is 2. The first-order valence-corrected chi connectivity index (χ1v) is 16.5. The first-order chi connectivity index (χ1) is 21.9. The normalized spacial score (nSPS) is 25.3. The van der Waals surface area contributed by atoms with E-state index < -0.39 is 6.10 Å². The van der Waals surface area contributed by atoms with E-state index in [9.17, 15) is 14.7 Å². The van der Waals surface area contributed by atoms with Gasteiger partial charge in [0.1, 0.15) is 6.61 Å². The van der Waals surface area contributed by atoms with Crippen LogP contribution >= 0.6 is 11.3 Å². The van der Waals surface area contributed by atoms with Gasteiger partial charge in [-0.15, -0.1) is 0 Å². The predicted octanol–water partition coefficient (Wildman–Crippen LogP) is 4.14.